The van der Waals surface area contributed by atoms with Crippen LogP contribution in [0.5, 0.6) is 0 Å². The zero-order valence-corrected chi connectivity index (χ0v) is 7.42. The van der Waals surface area contributed by atoms with Gasteiger partial charge in [0.2, 0.25) is 5.91 Å². The van der Waals surface area contributed by atoms with E-state index in [1.54, 1.807) is 7.05 Å². The number of nitrogens with zero attached hydrogens (tertiary/aromatic N) is 1. The molecule has 0 rings (SSSR count). The molecule has 0 radical (unpaired) electrons. The maximum absolute atomic E-state index is 11.1. The van der Waals surface area contributed by atoms with Gasteiger partial charge in [-0.2, -0.15) is 0 Å². The van der Waals surface area contributed by atoms with Crippen LogP contribution in [0.1, 0.15) is 20.3 Å². The number of nitrogens with two attached hydrogens (primary N) is 1. The first kappa shape index (κ1) is 10.4. The quantitative estimate of drug-likeness (QED) is 0.554. The molecule has 11 heavy (non-hydrogen) atoms. The van der Waals surface area contributed by atoms with Gasteiger partial charge in [-0.05, 0) is 13.8 Å². The van der Waals surface area contributed by atoms with Crippen LogP contribution in [-0.4, -0.2) is 30.6 Å². The van der Waals surface area contributed by atoms with E-state index in [0.717, 1.165) is 0 Å². The Labute approximate surface area is 67.7 Å². The molecule has 0 aromatic rings. The molecule has 4 heteroatoms. The predicted molar refractivity (Wildman–Crippen MR) is 44.7 cm³/mol. The summed E-state index contributed by atoms with van der Waals surface area (Å²) in [6.45, 7) is 4.36. The molecule has 0 aromatic heterocycles. The molecule has 0 saturated carbocycles. The Morgan fingerprint density at radius 2 is 2.18 bits per heavy atom. The van der Waals surface area contributed by atoms with Gasteiger partial charge in [0.15, 0.2) is 0 Å². The van der Waals surface area contributed by atoms with Crippen LogP contribution >= 0.6 is 0 Å². The summed E-state index contributed by atoms with van der Waals surface area (Å²) >= 11 is 0. The van der Waals surface area contributed by atoms with E-state index in [2.05, 4.69) is 5.43 Å². The average Bonchev–Trinajstić information content (AvgIpc) is 1.86. The van der Waals surface area contributed by atoms with Crippen molar-refractivity contribution in [3.05, 3.63) is 0 Å². The summed E-state index contributed by atoms with van der Waals surface area (Å²) in [5.74, 6) is 0.0289. The molecule has 1 amide bonds. The SMILES string of the molecule is CC(C)NN(C)C(=O)CCN. The summed E-state index contributed by atoms with van der Waals surface area (Å²) in [6, 6.07) is 0.279. The molecule has 3 N–H and O–H groups in total. The van der Waals surface area contributed by atoms with Crippen molar-refractivity contribution >= 4 is 5.91 Å². The molecule has 0 saturated heterocycles. The van der Waals surface area contributed by atoms with Crippen LogP contribution in [-0.2, 0) is 4.79 Å². The second-order valence-corrected chi connectivity index (χ2v) is 2.78. The summed E-state index contributed by atoms with van der Waals surface area (Å²) in [4.78, 5) is 11.1. The Bertz CT molecular complexity index is 125. The molecule has 0 aliphatic heterocycles. The van der Waals surface area contributed by atoms with Crippen molar-refractivity contribution in [1.29, 1.82) is 0 Å². The van der Waals surface area contributed by atoms with E-state index in [1.165, 1.54) is 5.01 Å². The third-order valence-corrected chi connectivity index (χ3v) is 1.18. The smallest absolute Gasteiger partial charge is 0.237 e. The minimum Gasteiger partial charge on any atom is -0.330 e. The van der Waals surface area contributed by atoms with E-state index >= 15 is 0 Å². The van der Waals surface area contributed by atoms with Crippen LogP contribution in [0.25, 0.3) is 0 Å². The Balaban J connectivity index is 3.64. The number of hydrogen-bond acceptors (Lipinski definition) is 3. The third-order valence-electron chi connectivity index (χ3n) is 1.18. The minimum atomic E-state index is 0.0289. The van der Waals surface area contributed by atoms with Gasteiger partial charge in [-0.1, -0.05) is 0 Å². The van der Waals surface area contributed by atoms with Crippen molar-refractivity contribution in [2.45, 2.75) is 26.3 Å². The van der Waals surface area contributed by atoms with Gasteiger partial charge in [0.05, 0.1) is 0 Å². The summed E-state index contributed by atoms with van der Waals surface area (Å²) in [7, 11) is 1.71. The fourth-order valence-corrected chi connectivity index (χ4v) is 0.750. The van der Waals surface area contributed by atoms with Crippen LogP contribution in [0.15, 0.2) is 0 Å². The van der Waals surface area contributed by atoms with E-state index < -0.39 is 0 Å². The fraction of sp³-hybridized carbons (Fsp3) is 0.857. The first-order valence-corrected chi connectivity index (χ1v) is 3.80. The number of hydrogen-bond donors (Lipinski definition) is 2. The van der Waals surface area contributed by atoms with Crippen LogP contribution in [0.2, 0.25) is 0 Å². The first-order chi connectivity index (χ1) is 5.07. The van der Waals surface area contributed by atoms with Crippen molar-refractivity contribution in [3.8, 4) is 0 Å². The summed E-state index contributed by atoms with van der Waals surface area (Å²) in [6.07, 6.45) is 0.399. The van der Waals surface area contributed by atoms with E-state index in [1.807, 2.05) is 13.8 Å². The van der Waals surface area contributed by atoms with Crippen molar-refractivity contribution < 1.29 is 4.79 Å². The molecule has 0 aliphatic rings. The zero-order chi connectivity index (χ0) is 8.85. The lowest BCUT2D eigenvalue weighted by molar-refractivity contribution is -0.133. The molecule has 4 nitrogen and oxygen atoms in total. The van der Waals surface area contributed by atoms with Crippen LogP contribution in [0, 0.1) is 0 Å². The normalized spacial score (nSPS) is 10.3. The molecule has 0 aromatic carbocycles. The van der Waals surface area contributed by atoms with Gasteiger partial charge in [-0.25, -0.2) is 5.43 Å². The highest BCUT2D eigenvalue weighted by Gasteiger charge is 2.06. The number of nitrogens with one attached hydrogen (secondary N) is 1. The summed E-state index contributed by atoms with van der Waals surface area (Å²) in [5.41, 5.74) is 8.18. The lowest BCUT2D eigenvalue weighted by atomic mass is 10.4. The second kappa shape index (κ2) is 5.09. The molecular weight excluding hydrogens is 142 g/mol. The highest BCUT2D eigenvalue weighted by molar-refractivity contribution is 5.75. The number of carbonyl (C=O) groups excluding carboxylic acids is 1. The van der Waals surface area contributed by atoms with E-state index in [-0.39, 0.29) is 11.9 Å². The minimum absolute atomic E-state index is 0.0289. The number of rotatable bonds is 4. The second-order valence-electron chi connectivity index (χ2n) is 2.78. The van der Waals surface area contributed by atoms with Gasteiger partial charge in [0, 0.05) is 26.1 Å². The molecule has 0 aliphatic carbocycles. The van der Waals surface area contributed by atoms with Gasteiger partial charge >= 0.3 is 0 Å². The predicted octanol–water partition coefficient (Wildman–Crippen LogP) is -0.293. The molecule has 0 atom stereocenters. The molecule has 0 spiro atoms. The average molecular weight is 159 g/mol. The highest BCUT2D eigenvalue weighted by atomic mass is 16.2. The van der Waals surface area contributed by atoms with Gasteiger partial charge < -0.3 is 5.73 Å². The van der Waals surface area contributed by atoms with Crippen molar-refractivity contribution in [2.24, 2.45) is 5.73 Å². The molecule has 0 heterocycles. The Hall–Kier alpha value is -0.610. The Morgan fingerprint density at radius 3 is 2.55 bits per heavy atom. The highest BCUT2D eigenvalue weighted by Crippen LogP contribution is 1.86. The standard InChI is InChI=1S/C7H17N3O/c1-6(2)9-10(3)7(11)4-5-8/h6,9H,4-5,8H2,1-3H3. The third kappa shape index (κ3) is 4.75. The maximum atomic E-state index is 11.1. The van der Waals surface area contributed by atoms with E-state index in [9.17, 15) is 4.79 Å². The lowest BCUT2D eigenvalue weighted by Crippen LogP contribution is -2.43. The van der Waals surface area contributed by atoms with Crippen molar-refractivity contribution in [1.82, 2.24) is 10.4 Å². The van der Waals surface area contributed by atoms with E-state index in [0.29, 0.717) is 13.0 Å². The molecular formula is C7H17N3O. The fourth-order valence-electron chi connectivity index (χ4n) is 0.750. The first-order valence-electron chi connectivity index (χ1n) is 3.80. The zero-order valence-electron chi connectivity index (χ0n) is 7.42. The molecule has 0 fully saturated rings. The van der Waals surface area contributed by atoms with Crippen molar-refractivity contribution in [2.75, 3.05) is 13.6 Å². The van der Waals surface area contributed by atoms with E-state index in [4.69, 9.17) is 5.73 Å². The molecule has 66 valence electrons. The summed E-state index contributed by atoms with van der Waals surface area (Å²) in [5, 5.41) is 1.48. The number of hydrazine groups is 1. The van der Waals surface area contributed by atoms with Gasteiger partial charge in [-0.3, -0.25) is 9.80 Å². The van der Waals surface area contributed by atoms with Crippen LogP contribution in [0.3, 0.4) is 0 Å². The number of amides is 1. The molecule has 0 unspecified atom stereocenters. The van der Waals surface area contributed by atoms with Crippen molar-refractivity contribution in [3.63, 3.8) is 0 Å². The largest absolute Gasteiger partial charge is 0.330 e. The van der Waals surface area contributed by atoms with Crippen LogP contribution < -0.4 is 11.2 Å². The lowest BCUT2D eigenvalue weighted by Gasteiger charge is -2.20. The Morgan fingerprint density at radius 1 is 1.64 bits per heavy atom. The molecule has 0 bridgehead atoms. The monoisotopic (exact) mass is 159 g/mol. The van der Waals surface area contributed by atoms with Gasteiger partial charge in [0.1, 0.15) is 0 Å². The topological polar surface area (TPSA) is 58.4 Å². The van der Waals surface area contributed by atoms with Crippen LogP contribution in [0.4, 0.5) is 0 Å². The summed E-state index contributed by atoms with van der Waals surface area (Å²) < 4.78 is 0. The Kier molecular flexibility index (Phi) is 4.81. The number of carbonyl (C=O) groups is 1. The van der Waals surface area contributed by atoms with Gasteiger partial charge in [0.25, 0.3) is 0 Å². The maximum Gasteiger partial charge on any atom is 0.237 e. The van der Waals surface area contributed by atoms with Gasteiger partial charge in [-0.15, -0.1) is 0 Å².